The molecular formula is C23H19FN6O4. The minimum absolute atomic E-state index is 0.109. The van der Waals surface area contributed by atoms with Gasteiger partial charge in [-0.25, -0.2) is 14.1 Å². The summed E-state index contributed by atoms with van der Waals surface area (Å²) in [6.45, 7) is 1.56. The van der Waals surface area contributed by atoms with Gasteiger partial charge in [0.25, 0.3) is 11.6 Å². The SMILES string of the molecule is Cc1cc(=O)c(C(=O)NC(c2ccc(F)cc2)c2nccn2C)nn1-c1ccccc1[N+](=O)[O-]. The number of halogens is 1. The lowest BCUT2D eigenvalue weighted by Gasteiger charge is -2.19. The highest BCUT2D eigenvalue weighted by atomic mass is 19.1. The van der Waals surface area contributed by atoms with E-state index < -0.39 is 33.8 Å². The molecule has 0 saturated heterocycles. The van der Waals surface area contributed by atoms with E-state index in [1.807, 2.05) is 0 Å². The number of benzene rings is 2. The molecule has 1 amide bonds. The largest absolute Gasteiger partial charge is 0.336 e. The lowest BCUT2D eigenvalue weighted by molar-refractivity contribution is -0.384. The van der Waals surface area contributed by atoms with Crippen molar-refractivity contribution in [2.45, 2.75) is 13.0 Å². The third kappa shape index (κ3) is 4.31. The smallest absolute Gasteiger partial charge is 0.294 e. The van der Waals surface area contributed by atoms with E-state index in [2.05, 4.69) is 15.4 Å². The number of hydrogen-bond acceptors (Lipinski definition) is 6. The van der Waals surface area contributed by atoms with Crippen LogP contribution in [0.3, 0.4) is 0 Å². The maximum atomic E-state index is 13.5. The van der Waals surface area contributed by atoms with Gasteiger partial charge in [0.2, 0.25) is 5.43 Å². The summed E-state index contributed by atoms with van der Waals surface area (Å²) >= 11 is 0. The van der Waals surface area contributed by atoms with Gasteiger partial charge in [0.15, 0.2) is 5.69 Å². The zero-order chi connectivity index (χ0) is 24.4. The van der Waals surface area contributed by atoms with Crippen molar-refractivity contribution in [3.8, 4) is 5.69 Å². The average Bonchev–Trinajstić information content (AvgIpc) is 3.23. The standard InChI is InChI=1S/C23H19FN6O4/c1-14-13-19(31)21(27-29(14)17-5-3-4-6-18(17)30(33)34)23(32)26-20(22-25-11-12-28(22)2)15-7-9-16(24)10-8-15/h3-13,20H,1-2H3,(H,26,32). The van der Waals surface area contributed by atoms with E-state index in [-0.39, 0.29) is 11.4 Å². The highest BCUT2D eigenvalue weighted by molar-refractivity contribution is 5.92. The second-order valence-electron chi connectivity index (χ2n) is 7.51. The first-order valence-electron chi connectivity index (χ1n) is 10.1. The average molecular weight is 462 g/mol. The monoisotopic (exact) mass is 462 g/mol. The van der Waals surface area contributed by atoms with E-state index in [0.29, 0.717) is 17.1 Å². The molecule has 10 nitrogen and oxygen atoms in total. The first-order valence-corrected chi connectivity index (χ1v) is 10.1. The highest BCUT2D eigenvalue weighted by Gasteiger charge is 2.25. The fourth-order valence-corrected chi connectivity index (χ4v) is 3.55. The molecule has 0 aliphatic heterocycles. The molecule has 0 saturated carbocycles. The number of nitrogens with zero attached hydrogens (tertiary/aromatic N) is 5. The van der Waals surface area contributed by atoms with Crippen LogP contribution in [0.2, 0.25) is 0 Å². The van der Waals surface area contributed by atoms with Gasteiger partial charge in [0.1, 0.15) is 23.4 Å². The Morgan fingerprint density at radius 3 is 2.53 bits per heavy atom. The molecule has 11 heteroatoms. The topological polar surface area (TPSA) is 125 Å². The Labute approximate surface area is 192 Å². The van der Waals surface area contributed by atoms with Gasteiger partial charge < -0.3 is 9.88 Å². The second-order valence-corrected chi connectivity index (χ2v) is 7.51. The van der Waals surface area contributed by atoms with E-state index in [1.165, 1.54) is 53.2 Å². The number of aryl methyl sites for hydroxylation is 2. The molecule has 2 aromatic heterocycles. The molecule has 0 aliphatic carbocycles. The van der Waals surface area contributed by atoms with Crippen LogP contribution in [0.4, 0.5) is 10.1 Å². The van der Waals surface area contributed by atoms with Crippen molar-refractivity contribution in [3.05, 3.63) is 116 Å². The maximum Gasteiger partial charge on any atom is 0.294 e. The number of rotatable bonds is 6. The van der Waals surface area contributed by atoms with Gasteiger partial charge in [-0.2, -0.15) is 5.10 Å². The fourth-order valence-electron chi connectivity index (χ4n) is 3.55. The summed E-state index contributed by atoms with van der Waals surface area (Å²) in [6, 6.07) is 11.8. The number of amides is 1. The van der Waals surface area contributed by atoms with Crippen molar-refractivity contribution in [2.75, 3.05) is 0 Å². The number of para-hydroxylation sites is 2. The normalized spacial score (nSPS) is 11.7. The number of carbonyl (C=O) groups is 1. The van der Waals surface area contributed by atoms with Crippen LogP contribution in [0, 0.1) is 22.9 Å². The number of nitro groups is 1. The zero-order valence-electron chi connectivity index (χ0n) is 18.2. The maximum absolute atomic E-state index is 13.5. The van der Waals surface area contributed by atoms with E-state index in [1.54, 1.807) is 37.0 Å². The molecule has 1 atom stereocenters. The van der Waals surface area contributed by atoms with Gasteiger partial charge in [-0.05, 0) is 30.7 Å². The van der Waals surface area contributed by atoms with Crippen LogP contribution in [0.5, 0.6) is 0 Å². The molecule has 0 aliphatic rings. The van der Waals surface area contributed by atoms with E-state index in [0.717, 1.165) is 0 Å². The minimum atomic E-state index is -0.811. The van der Waals surface area contributed by atoms with Crippen LogP contribution >= 0.6 is 0 Å². The van der Waals surface area contributed by atoms with Crippen molar-refractivity contribution in [1.82, 2.24) is 24.6 Å². The Morgan fingerprint density at radius 2 is 1.88 bits per heavy atom. The van der Waals surface area contributed by atoms with Gasteiger partial charge in [-0.15, -0.1) is 0 Å². The molecule has 0 bridgehead atoms. The van der Waals surface area contributed by atoms with Gasteiger partial charge >= 0.3 is 0 Å². The first-order chi connectivity index (χ1) is 16.3. The molecule has 2 heterocycles. The van der Waals surface area contributed by atoms with Crippen LogP contribution in [0.1, 0.15) is 33.6 Å². The Kier molecular flexibility index (Phi) is 6.00. The minimum Gasteiger partial charge on any atom is -0.336 e. The predicted molar refractivity (Wildman–Crippen MR) is 120 cm³/mol. The predicted octanol–water partition coefficient (Wildman–Crippen LogP) is 2.84. The van der Waals surface area contributed by atoms with Gasteiger partial charge in [-0.1, -0.05) is 24.3 Å². The number of aromatic nitrogens is 4. The molecule has 4 rings (SSSR count). The van der Waals surface area contributed by atoms with Crippen molar-refractivity contribution in [1.29, 1.82) is 0 Å². The first kappa shape index (κ1) is 22.5. The van der Waals surface area contributed by atoms with E-state index in [9.17, 15) is 24.1 Å². The summed E-state index contributed by atoms with van der Waals surface area (Å²) in [7, 11) is 1.73. The lowest BCUT2D eigenvalue weighted by atomic mass is 10.1. The number of imidazole rings is 1. The molecule has 0 fully saturated rings. The van der Waals surface area contributed by atoms with Crippen molar-refractivity contribution >= 4 is 11.6 Å². The van der Waals surface area contributed by atoms with E-state index in [4.69, 9.17) is 0 Å². The van der Waals surface area contributed by atoms with Gasteiger partial charge in [0, 0.05) is 37.3 Å². The third-order valence-electron chi connectivity index (χ3n) is 5.22. The number of carbonyl (C=O) groups excluding carboxylic acids is 1. The summed E-state index contributed by atoms with van der Waals surface area (Å²) in [5.41, 5.74) is -0.374. The van der Waals surface area contributed by atoms with Gasteiger partial charge in [-0.3, -0.25) is 19.7 Å². The molecule has 2 aromatic carbocycles. The molecule has 1 unspecified atom stereocenters. The molecule has 4 aromatic rings. The fraction of sp³-hybridized carbons (Fsp3) is 0.130. The van der Waals surface area contributed by atoms with Crippen LogP contribution in [0.15, 0.2) is 71.8 Å². The summed E-state index contributed by atoms with van der Waals surface area (Å²) < 4.78 is 16.3. The van der Waals surface area contributed by atoms with Gasteiger partial charge in [0.05, 0.1) is 4.92 Å². The van der Waals surface area contributed by atoms with Crippen molar-refractivity contribution < 1.29 is 14.1 Å². The molecule has 172 valence electrons. The van der Waals surface area contributed by atoms with Crippen LogP contribution in [0.25, 0.3) is 5.69 Å². The zero-order valence-corrected chi connectivity index (χ0v) is 18.2. The summed E-state index contributed by atoms with van der Waals surface area (Å²) in [6.07, 6.45) is 3.23. The highest BCUT2D eigenvalue weighted by Crippen LogP contribution is 2.23. The summed E-state index contributed by atoms with van der Waals surface area (Å²) in [5, 5.41) is 18.4. The van der Waals surface area contributed by atoms with Crippen molar-refractivity contribution in [3.63, 3.8) is 0 Å². The number of nitrogens with one attached hydrogen (secondary N) is 1. The number of nitro benzene ring substituents is 1. The molecular weight excluding hydrogens is 443 g/mol. The lowest BCUT2D eigenvalue weighted by Crippen LogP contribution is -2.36. The molecule has 0 spiro atoms. The molecule has 34 heavy (non-hydrogen) atoms. The summed E-state index contributed by atoms with van der Waals surface area (Å²) in [5.74, 6) is -0.804. The van der Waals surface area contributed by atoms with Crippen LogP contribution in [-0.4, -0.2) is 30.2 Å². The van der Waals surface area contributed by atoms with Crippen LogP contribution < -0.4 is 10.7 Å². The molecule has 0 radical (unpaired) electrons. The Hall–Kier alpha value is -4.67. The third-order valence-corrected chi connectivity index (χ3v) is 5.22. The van der Waals surface area contributed by atoms with Crippen molar-refractivity contribution in [2.24, 2.45) is 7.05 Å². The summed E-state index contributed by atoms with van der Waals surface area (Å²) in [4.78, 5) is 41.0. The molecule has 1 N–H and O–H groups in total. The second kappa shape index (κ2) is 9.06. The Bertz CT molecular complexity index is 1440. The van der Waals surface area contributed by atoms with Crippen LogP contribution in [-0.2, 0) is 7.05 Å². The quantitative estimate of drug-likeness (QED) is 0.347. The Morgan fingerprint density at radius 1 is 1.18 bits per heavy atom. The Balaban J connectivity index is 1.77. The van der Waals surface area contributed by atoms with E-state index >= 15 is 0 Å². The number of hydrogen-bond donors (Lipinski definition) is 1.